The molecular formula is C24H18N2O6. The number of rotatable bonds is 3. The van der Waals surface area contributed by atoms with Gasteiger partial charge in [0.25, 0.3) is 0 Å². The first-order chi connectivity index (χ1) is 15.5. The maximum atomic E-state index is 12.9. The van der Waals surface area contributed by atoms with Crippen molar-refractivity contribution in [1.29, 1.82) is 5.26 Å². The zero-order valence-corrected chi connectivity index (χ0v) is 17.3. The van der Waals surface area contributed by atoms with Crippen molar-refractivity contribution in [2.75, 3.05) is 7.11 Å². The Balaban J connectivity index is 0.000000775. The molecule has 1 aliphatic heterocycles. The van der Waals surface area contributed by atoms with E-state index in [1.165, 1.54) is 14.0 Å². The van der Waals surface area contributed by atoms with Gasteiger partial charge in [-0.05, 0) is 29.0 Å². The van der Waals surface area contributed by atoms with Crippen molar-refractivity contribution in [3.8, 4) is 17.6 Å². The van der Waals surface area contributed by atoms with Gasteiger partial charge >= 0.3 is 11.9 Å². The lowest BCUT2D eigenvalue weighted by atomic mass is 9.87. The summed E-state index contributed by atoms with van der Waals surface area (Å²) >= 11 is 0. The summed E-state index contributed by atoms with van der Waals surface area (Å²) in [7, 11) is 1.49. The first-order valence-corrected chi connectivity index (χ1v) is 9.74. The summed E-state index contributed by atoms with van der Waals surface area (Å²) < 4.78 is 16.8. The molecule has 0 aliphatic carbocycles. The summed E-state index contributed by atoms with van der Waals surface area (Å²) in [4.78, 5) is 24.3. The molecule has 2 atom stereocenters. The zero-order chi connectivity index (χ0) is 22.8. The van der Waals surface area contributed by atoms with Crippen LogP contribution >= 0.6 is 0 Å². The van der Waals surface area contributed by atoms with Gasteiger partial charge in [-0.2, -0.15) is 5.26 Å². The van der Waals surface area contributed by atoms with Crippen LogP contribution < -0.4 is 15.1 Å². The highest BCUT2D eigenvalue weighted by Gasteiger charge is 2.49. The Hall–Kier alpha value is -4.38. The molecule has 8 heteroatoms. The standard InChI is InChI=1S/C22H15NO6.C2H3N/c1-27-16-11-10-12-6-2-3-7-13(12)17(16)18-19-20(29-21(18)23(25)26)14-8-4-5-9-15(14)28-22(19)24;1-2-3/h2-11,18,21H,1H3;1H3/t18-,21-;/m0./s1. The van der Waals surface area contributed by atoms with E-state index in [0.29, 0.717) is 22.3 Å². The van der Waals surface area contributed by atoms with E-state index >= 15 is 0 Å². The van der Waals surface area contributed by atoms with Crippen LogP contribution in [-0.4, -0.2) is 18.3 Å². The molecule has 1 aromatic heterocycles. The van der Waals surface area contributed by atoms with Crippen LogP contribution in [0.1, 0.15) is 24.0 Å². The van der Waals surface area contributed by atoms with E-state index in [0.717, 1.165) is 10.8 Å². The molecule has 0 bridgehead atoms. The van der Waals surface area contributed by atoms with Gasteiger partial charge in [0.05, 0.1) is 29.1 Å². The van der Waals surface area contributed by atoms with Gasteiger partial charge in [-0.15, -0.1) is 0 Å². The average Bonchev–Trinajstić information content (AvgIpc) is 3.20. The number of fused-ring (bicyclic) bond motifs is 4. The third-order valence-electron chi connectivity index (χ3n) is 5.30. The maximum absolute atomic E-state index is 12.9. The highest BCUT2D eigenvalue weighted by atomic mass is 16.7. The molecule has 32 heavy (non-hydrogen) atoms. The largest absolute Gasteiger partial charge is 0.496 e. The van der Waals surface area contributed by atoms with Crippen molar-refractivity contribution in [3.63, 3.8) is 0 Å². The summed E-state index contributed by atoms with van der Waals surface area (Å²) in [5.74, 6) is -0.329. The topological polar surface area (TPSA) is 116 Å². The van der Waals surface area contributed by atoms with Gasteiger partial charge in [0, 0.05) is 12.5 Å². The van der Waals surface area contributed by atoms with E-state index in [2.05, 4.69) is 0 Å². The van der Waals surface area contributed by atoms with Crippen molar-refractivity contribution in [2.24, 2.45) is 0 Å². The van der Waals surface area contributed by atoms with Crippen LogP contribution in [0.2, 0.25) is 0 Å². The number of nitro groups is 1. The monoisotopic (exact) mass is 430 g/mol. The van der Waals surface area contributed by atoms with Crippen molar-refractivity contribution < 1.29 is 18.8 Å². The molecule has 8 nitrogen and oxygen atoms in total. The number of ether oxygens (including phenoxy) is 2. The molecule has 4 aromatic rings. The van der Waals surface area contributed by atoms with Crippen LogP contribution in [0, 0.1) is 21.4 Å². The Morgan fingerprint density at radius 1 is 1.03 bits per heavy atom. The van der Waals surface area contributed by atoms with Gasteiger partial charge in [0.15, 0.2) is 0 Å². The van der Waals surface area contributed by atoms with Crippen LogP contribution in [-0.2, 0) is 0 Å². The SMILES string of the molecule is CC#N.COc1ccc2ccccc2c1[C@H]1c2c(c3ccccc3oc2=O)O[C@@H]1[N+](=O)[O-]. The zero-order valence-electron chi connectivity index (χ0n) is 17.3. The highest BCUT2D eigenvalue weighted by molar-refractivity contribution is 5.90. The van der Waals surface area contributed by atoms with E-state index in [-0.39, 0.29) is 11.3 Å². The number of nitriles is 1. The second-order valence-electron chi connectivity index (χ2n) is 7.03. The number of para-hydroxylation sites is 1. The lowest BCUT2D eigenvalue weighted by molar-refractivity contribution is -0.561. The Bertz CT molecular complexity index is 1440. The summed E-state index contributed by atoms with van der Waals surface area (Å²) in [6, 6.07) is 19.7. The predicted molar refractivity (Wildman–Crippen MR) is 118 cm³/mol. The van der Waals surface area contributed by atoms with Crippen LogP contribution in [0.5, 0.6) is 11.5 Å². The molecule has 0 radical (unpaired) electrons. The first-order valence-electron chi connectivity index (χ1n) is 9.74. The van der Waals surface area contributed by atoms with E-state index < -0.39 is 22.7 Å². The fourth-order valence-electron chi connectivity index (χ4n) is 4.09. The summed E-state index contributed by atoms with van der Waals surface area (Å²) in [6.07, 6.45) is -1.47. The fraction of sp³-hybridized carbons (Fsp3) is 0.167. The van der Waals surface area contributed by atoms with E-state index in [1.54, 1.807) is 36.4 Å². The Morgan fingerprint density at radius 3 is 2.38 bits per heavy atom. The van der Waals surface area contributed by atoms with Crippen molar-refractivity contribution in [2.45, 2.75) is 19.1 Å². The van der Waals surface area contributed by atoms with E-state index in [1.807, 2.05) is 30.3 Å². The number of hydrogen-bond donors (Lipinski definition) is 0. The molecule has 0 saturated carbocycles. The van der Waals surface area contributed by atoms with Crippen LogP contribution in [0.4, 0.5) is 0 Å². The summed E-state index contributed by atoms with van der Waals surface area (Å²) in [5, 5.41) is 21.4. The lowest BCUT2D eigenvalue weighted by Crippen LogP contribution is -2.30. The second kappa shape index (κ2) is 8.40. The minimum atomic E-state index is -1.47. The first kappa shape index (κ1) is 20.9. The predicted octanol–water partition coefficient (Wildman–Crippen LogP) is 4.61. The van der Waals surface area contributed by atoms with Gasteiger partial charge in [0.1, 0.15) is 23.0 Å². The van der Waals surface area contributed by atoms with Crippen LogP contribution in [0.25, 0.3) is 21.7 Å². The summed E-state index contributed by atoms with van der Waals surface area (Å²) in [6.45, 7) is 1.43. The molecule has 160 valence electrons. The molecule has 2 heterocycles. The van der Waals surface area contributed by atoms with Gasteiger partial charge < -0.3 is 13.9 Å². The average molecular weight is 430 g/mol. The number of nitrogens with zero attached hydrogens (tertiary/aromatic N) is 2. The fourth-order valence-corrected chi connectivity index (χ4v) is 4.09. The smallest absolute Gasteiger partial charge is 0.365 e. The van der Waals surface area contributed by atoms with Gasteiger partial charge in [0.2, 0.25) is 0 Å². The highest BCUT2D eigenvalue weighted by Crippen LogP contribution is 2.48. The molecule has 0 N–H and O–H groups in total. The summed E-state index contributed by atoms with van der Waals surface area (Å²) in [5.41, 5.74) is 0.348. The lowest BCUT2D eigenvalue weighted by Gasteiger charge is -2.18. The molecule has 5 rings (SSSR count). The molecule has 3 aromatic carbocycles. The molecule has 1 aliphatic rings. The number of hydrogen-bond acceptors (Lipinski definition) is 7. The quantitative estimate of drug-likeness (QED) is 0.265. The van der Waals surface area contributed by atoms with Gasteiger partial charge in [-0.3, -0.25) is 10.1 Å². The molecule has 0 spiro atoms. The Morgan fingerprint density at radius 2 is 1.69 bits per heavy atom. The van der Waals surface area contributed by atoms with E-state index in [9.17, 15) is 14.9 Å². The third-order valence-corrected chi connectivity index (χ3v) is 5.30. The number of benzene rings is 3. The minimum absolute atomic E-state index is 0.139. The maximum Gasteiger partial charge on any atom is 0.365 e. The Labute approximate surface area is 182 Å². The van der Waals surface area contributed by atoms with E-state index in [4.69, 9.17) is 19.2 Å². The Kier molecular flexibility index (Phi) is 5.48. The molecule has 0 unspecified atom stereocenters. The number of methoxy groups -OCH3 is 1. The molecule has 0 amide bonds. The molecule has 0 saturated heterocycles. The van der Waals surface area contributed by atoms with Gasteiger partial charge in [-0.25, -0.2) is 4.79 Å². The van der Waals surface area contributed by atoms with Crippen molar-refractivity contribution >= 4 is 21.7 Å². The van der Waals surface area contributed by atoms with Crippen LogP contribution in [0.3, 0.4) is 0 Å². The second-order valence-corrected chi connectivity index (χ2v) is 7.03. The van der Waals surface area contributed by atoms with Crippen molar-refractivity contribution in [1.82, 2.24) is 0 Å². The van der Waals surface area contributed by atoms with Gasteiger partial charge in [-0.1, -0.05) is 42.5 Å². The molecule has 0 fully saturated rings. The minimum Gasteiger partial charge on any atom is -0.496 e. The third kappa shape index (κ3) is 3.30. The normalized spacial score (nSPS) is 16.4. The van der Waals surface area contributed by atoms with Crippen molar-refractivity contribution in [3.05, 3.63) is 92.3 Å². The van der Waals surface area contributed by atoms with Crippen LogP contribution in [0.15, 0.2) is 69.9 Å². The molecular weight excluding hydrogens is 412 g/mol.